The van der Waals surface area contributed by atoms with Crippen LogP contribution in [0.3, 0.4) is 0 Å². The molecule has 5 heteroatoms. The zero-order valence-corrected chi connectivity index (χ0v) is 12.9. The van der Waals surface area contributed by atoms with Gasteiger partial charge in [-0.25, -0.2) is 13.6 Å². The van der Waals surface area contributed by atoms with Gasteiger partial charge in [0, 0.05) is 12.0 Å². The van der Waals surface area contributed by atoms with Gasteiger partial charge < -0.3 is 4.74 Å². The van der Waals surface area contributed by atoms with Crippen LogP contribution >= 0.6 is 0 Å². The molecule has 0 aromatic heterocycles. The first-order chi connectivity index (χ1) is 8.53. The average molecular weight is 283 g/mol. The van der Waals surface area contributed by atoms with E-state index >= 15 is 0 Å². The monoisotopic (exact) mass is 283 g/mol. The lowest BCUT2D eigenvalue weighted by Gasteiger charge is -2.38. The molecule has 1 aromatic carbocycles. The summed E-state index contributed by atoms with van der Waals surface area (Å²) in [4.78, 5) is 0. The molecule has 0 radical (unpaired) electrons. The molecule has 1 atom stereocenters. The highest BCUT2D eigenvalue weighted by Gasteiger charge is 2.41. The molecule has 0 spiro atoms. The summed E-state index contributed by atoms with van der Waals surface area (Å²) in [6.45, 7) is 9.65. The number of aryl methyl sites for hydroxylation is 2. The SMILES string of the molecule is Cc1cc(C)c2c(c1C)OC(C)(C)CC2S(N)(=O)=O. The minimum Gasteiger partial charge on any atom is -0.487 e. The lowest BCUT2D eigenvalue weighted by atomic mass is 9.88. The predicted octanol–water partition coefficient (Wildman–Crippen LogP) is 2.50. The van der Waals surface area contributed by atoms with Crippen LogP contribution in [0.5, 0.6) is 5.75 Å². The second-order valence-electron chi connectivity index (χ2n) is 6.02. The molecule has 1 aliphatic rings. The quantitative estimate of drug-likeness (QED) is 0.861. The average Bonchev–Trinajstić information content (AvgIpc) is 2.22. The number of sulfonamides is 1. The Hall–Kier alpha value is -1.07. The highest BCUT2D eigenvalue weighted by Crippen LogP contribution is 2.46. The molecule has 1 aromatic rings. The Morgan fingerprint density at radius 3 is 2.37 bits per heavy atom. The summed E-state index contributed by atoms with van der Waals surface area (Å²) < 4.78 is 29.8. The highest BCUT2D eigenvalue weighted by atomic mass is 32.2. The number of benzene rings is 1. The fourth-order valence-corrected chi connectivity index (χ4v) is 4.00. The number of fused-ring (bicyclic) bond motifs is 1. The Balaban J connectivity index is 2.78. The van der Waals surface area contributed by atoms with Crippen LogP contribution in [0.15, 0.2) is 6.07 Å². The molecule has 0 saturated carbocycles. The third-order valence-electron chi connectivity index (χ3n) is 3.81. The van der Waals surface area contributed by atoms with Gasteiger partial charge in [0.1, 0.15) is 16.6 Å². The number of hydrogen-bond donors (Lipinski definition) is 1. The first-order valence-electron chi connectivity index (χ1n) is 6.34. The predicted molar refractivity (Wildman–Crippen MR) is 75.8 cm³/mol. The van der Waals surface area contributed by atoms with E-state index in [0.29, 0.717) is 12.2 Å². The van der Waals surface area contributed by atoms with Gasteiger partial charge >= 0.3 is 0 Å². The van der Waals surface area contributed by atoms with Gasteiger partial charge in [0.05, 0.1) is 0 Å². The molecule has 4 nitrogen and oxygen atoms in total. The summed E-state index contributed by atoms with van der Waals surface area (Å²) in [6, 6.07) is 1.99. The molecule has 106 valence electrons. The van der Waals surface area contributed by atoms with E-state index in [0.717, 1.165) is 22.3 Å². The van der Waals surface area contributed by atoms with Gasteiger partial charge in [-0.15, -0.1) is 0 Å². The van der Waals surface area contributed by atoms with Crippen molar-refractivity contribution in [2.75, 3.05) is 0 Å². The Bertz CT molecular complexity index is 633. The molecule has 2 N–H and O–H groups in total. The second kappa shape index (κ2) is 4.21. The summed E-state index contributed by atoms with van der Waals surface area (Å²) in [5, 5.41) is 4.73. The molecule has 0 bridgehead atoms. The molecule has 0 fully saturated rings. The second-order valence-corrected chi connectivity index (χ2v) is 7.77. The van der Waals surface area contributed by atoms with Crippen molar-refractivity contribution in [2.24, 2.45) is 5.14 Å². The molecule has 1 aliphatic heterocycles. The lowest BCUT2D eigenvalue weighted by Crippen LogP contribution is -2.39. The lowest BCUT2D eigenvalue weighted by molar-refractivity contribution is 0.0808. The van der Waals surface area contributed by atoms with Crippen LogP contribution in [0.1, 0.15) is 47.8 Å². The van der Waals surface area contributed by atoms with Crippen molar-refractivity contribution in [1.29, 1.82) is 0 Å². The molecule has 0 saturated heterocycles. The summed E-state index contributed by atoms with van der Waals surface area (Å²) in [5.74, 6) is 0.688. The van der Waals surface area contributed by atoms with Gasteiger partial charge in [-0.3, -0.25) is 0 Å². The molecule has 19 heavy (non-hydrogen) atoms. The van der Waals surface area contributed by atoms with Crippen molar-refractivity contribution in [2.45, 2.75) is 51.9 Å². The summed E-state index contributed by atoms with van der Waals surface area (Å²) >= 11 is 0. The molecule has 0 aliphatic carbocycles. The van der Waals surface area contributed by atoms with E-state index in [9.17, 15) is 8.42 Å². The molecule has 1 heterocycles. The molecule has 1 unspecified atom stereocenters. The molecular weight excluding hydrogens is 262 g/mol. The Kier molecular flexibility index (Phi) is 3.18. The van der Waals surface area contributed by atoms with Crippen LogP contribution in [-0.4, -0.2) is 14.0 Å². The van der Waals surface area contributed by atoms with Gasteiger partial charge in [-0.1, -0.05) is 6.07 Å². The minimum absolute atomic E-state index is 0.377. The first-order valence-corrected chi connectivity index (χ1v) is 7.95. The Labute approximate surface area is 115 Å². The number of rotatable bonds is 1. The van der Waals surface area contributed by atoms with Crippen molar-refractivity contribution < 1.29 is 13.2 Å². The summed E-state index contributed by atoms with van der Waals surface area (Å²) in [7, 11) is -3.64. The maximum Gasteiger partial charge on any atom is 0.216 e. The van der Waals surface area contributed by atoms with Gasteiger partial charge in [0.15, 0.2) is 0 Å². The zero-order valence-electron chi connectivity index (χ0n) is 12.1. The normalized spacial score (nSPS) is 21.7. The fraction of sp³-hybridized carbons (Fsp3) is 0.571. The number of ether oxygens (including phenoxy) is 1. The standard InChI is InChI=1S/C14H21NO3S/c1-8-6-9(2)12-11(19(15,16)17)7-14(4,5)18-13(12)10(8)3/h6,11H,7H2,1-5H3,(H2,15,16,17). The number of nitrogens with two attached hydrogens (primary N) is 1. The van der Waals surface area contributed by atoms with Crippen molar-refractivity contribution in [3.05, 3.63) is 28.3 Å². The van der Waals surface area contributed by atoms with Crippen LogP contribution in [0.2, 0.25) is 0 Å². The maximum atomic E-state index is 11.9. The molecule has 0 amide bonds. The van der Waals surface area contributed by atoms with E-state index < -0.39 is 20.9 Å². The van der Waals surface area contributed by atoms with Crippen molar-refractivity contribution >= 4 is 10.0 Å². The summed E-state index contributed by atoms with van der Waals surface area (Å²) in [6.07, 6.45) is 0.377. The number of primary sulfonamides is 1. The molecule has 2 rings (SSSR count). The van der Waals surface area contributed by atoms with Crippen LogP contribution in [-0.2, 0) is 10.0 Å². The van der Waals surface area contributed by atoms with E-state index in [4.69, 9.17) is 9.88 Å². The summed E-state index contributed by atoms with van der Waals surface area (Å²) in [5.41, 5.74) is 3.21. The van der Waals surface area contributed by atoms with Gasteiger partial charge in [-0.05, 0) is 51.3 Å². The number of hydrogen-bond acceptors (Lipinski definition) is 3. The first kappa shape index (κ1) is 14.3. The van der Waals surface area contributed by atoms with Crippen molar-refractivity contribution in [3.63, 3.8) is 0 Å². The van der Waals surface area contributed by atoms with E-state index in [1.54, 1.807) is 0 Å². The largest absolute Gasteiger partial charge is 0.487 e. The zero-order chi connectivity index (χ0) is 14.6. The van der Waals surface area contributed by atoms with Crippen LogP contribution in [0.25, 0.3) is 0 Å². The van der Waals surface area contributed by atoms with Crippen molar-refractivity contribution in [1.82, 2.24) is 0 Å². The minimum atomic E-state index is -3.64. The van der Waals surface area contributed by atoms with Crippen molar-refractivity contribution in [3.8, 4) is 5.75 Å². The fourth-order valence-electron chi connectivity index (χ4n) is 2.75. The third-order valence-corrected chi connectivity index (χ3v) is 5.00. The smallest absolute Gasteiger partial charge is 0.216 e. The topological polar surface area (TPSA) is 69.4 Å². The van der Waals surface area contributed by atoms with Gasteiger partial charge in [-0.2, -0.15) is 0 Å². The van der Waals surface area contributed by atoms with E-state index in [-0.39, 0.29) is 0 Å². The van der Waals surface area contributed by atoms with E-state index in [2.05, 4.69) is 0 Å². The van der Waals surface area contributed by atoms with E-state index in [1.165, 1.54) is 0 Å². The van der Waals surface area contributed by atoms with E-state index in [1.807, 2.05) is 40.7 Å². The molecular formula is C14H21NO3S. The Morgan fingerprint density at radius 2 is 1.84 bits per heavy atom. The Morgan fingerprint density at radius 1 is 1.26 bits per heavy atom. The van der Waals surface area contributed by atoms with Gasteiger partial charge in [0.2, 0.25) is 10.0 Å². The van der Waals surface area contributed by atoms with Crippen LogP contribution in [0.4, 0.5) is 0 Å². The van der Waals surface area contributed by atoms with Gasteiger partial charge in [0.25, 0.3) is 0 Å². The van der Waals surface area contributed by atoms with Crippen LogP contribution < -0.4 is 9.88 Å². The van der Waals surface area contributed by atoms with Crippen LogP contribution in [0, 0.1) is 20.8 Å². The highest BCUT2D eigenvalue weighted by molar-refractivity contribution is 7.89. The third kappa shape index (κ3) is 2.49. The maximum absolute atomic E-state index is 11.9.